The van der Waals surface area contributed by atoms with Gasteiger partial charge in [0.15, 0.2) is 11.5 Å². The van der Waals surface area contributed by atoms with Crippen LogP contribution in [0.2, 0.25) is 0 Å². The average molecular weight is 530 g/mol. The van der Waals surface area contributed by atoms with E-state index < -0.39 is 45.0 Å². The first-order valence-electron chi connectivity index (χ1n) is 11.9. The molecule has 194 valence electrons. The number of nitrogens with zero attached hydrogens (tertiary/aromatic N) is 2. The van der Waals surface area contributed by atoms with Gasteiger partial charge in [0.2, 0.25) is 10.0 Å². The molecule has 3 aliphatic rings. The Labute approximate surface area is 210 Å². The summed E-state index contributed by atoms with van der Waals surface area (Å²) in [6.45, 7) is 3.06. The van der Waals surface area contributed by atoms with Gasteiger partial charge < -0.3 is 19.5 Å². The molecular weight excluding hydrogens is 505 g/mol. The van der Waals surface area contributed by atoms with E-state index in [4.69, 9.17) is 9.72 Å². The van der Waals surface area contributed by atoms with Crippen molar-refractivity contribution < 1.29 is 32.6 Å². The van der Waals surface area contributed by atoms with Crippen LogP contribution < -0.4 is 10.3 Å². The maximum Gasteiger partial charge on any atom is 0.343 e. The lowest BCUT2D eigenvalue weighted by Gasteiger charge is -2.31. The second-order valence-corrected chi connectivity index (χ2v) is 11.5. The van der Waals surface area contributed by atoms with Gasteiger partial charge >= 0.3 is 5.97 Å². The molecule has 2 atom stereocenters. The zero-order chi connectivity index (χ0) is 26.4. The van der Waals surface area contributed by atoms with Gasteiger partial charge in [0.05, 0.1) is 29.0 Å². The number of carbonyl (C=O) groups excluding carboxylic acids is 1. The monoisotopic (exact) mass is 529 g/mol. The predicted molar refractivity (Wildman–Crippen MR) is 129 cm³/mol. The molecule has 12 heteroatoms. The molecule has 0 saturated carbocycles. The van der Waals surface area contributed by atoms with Crippen molar-refractivity contribution in [3.63, 3.8) is 0 Å². The highest BCUT2D eigenvalue weighted by Gasteiger charge is 2.46. The molecule has 6 rings (SSSR count). The Bertz CT molecular complexity index is 1720. The minimum atomic E-state index is -4.01. The van der Waals surface area contributed by atoms with E-state index in [1.807, 2.05) is 0 Å². The van der Waals surface area contributed by atoms with E-state index in [1.165, 1.54) is 10.6 Å². The Morgan fingerprint density at radius 2 is 2.03 bits per heavy atom. The number of hydrogen-bond acceptors (Lipinski definition) is 8. The number of hydrogen-bond donors (Lipinski definition) is 3. The molecule has 2 aliphatic heterocycles. The highest BCUT2D eigenvalue weighted by Crippen LogP contribution is 2.46. The first-order valence-corrected chi connectivity index (χ1v) is 13.6. The Kier molecular flexibility index (Phi) is 5.16. The van der Waals surface area contributed by atoms with Gasteiger partial charge in [-0.2, -0.15) is 0 Å². The fraction of sp³-hybridized carbons (Fsp3) is 0.400. The zero-order valence-electron chi connectivity index (χ0n) is 20.1. The highest BCUT2D eigenvalue weighted by molar-refractivity contribution is 7.89. The molecule has 37 heavy (non-hydrogen) atoms. The first-order chi connectivity index (χ1) is 17.5. The summed E-state index contributed by atoms with van der Waals surface area (Å²) >= 11 is 0. The van der Waals surface area contributed by atoms with E-state index in [-0.39, 0.29) is 30.7 Å². The largest absolute Gasteiger partial charge is 0.458 e. The van der Waals surface area contributed by atoms with Gasteiger partial charge in [0.25, 0.3) is 5.56 Å². The van der Waals surface area contributed by atoms with Crippen molar-refractivity contribution in [2.24, 2.45) is 0 Å². The summed E-state index contributed by atoms with van der Waals surface area (Å²) in [6, 6.07) is 2.12. The van der Waals surface area contributed by atoms with Crippen LogP contribution in [0.3, 0.4) is 0 Å². The van der Waals surface area contributed by atoms with Crippen molar-refractivity contribution >= 4 is 26.9 Å². The van der Waals surface area contributed by atoms with Crippen LogP contribution in [0.4, 0.5) is 4.39 Å². The molecule has 3 N–H and O–H groups in total. The zero-order valence-corrected chi connectivity index (χ0v) is 20.9. The standard InChI is InChI=1S/C25H24FN3O7S/c1-3-25(33)15-6-19-22-13(8-29(19)23(31)14(15)9-36-24(25)32)21-17(28-37(34,35)10-30)5-4-12-11(2)16(26)7-18(27-22)20(12)21/h6-7,17,28,30,33H,3-5,8-10H2,1-2H3/t17-,25-/m0/s1. The minimum Gasteiger partial charge on any atom is -0.458 e. The number of carbonyl (C=O) groups is 1. The number of aliphatic hydroxyl groups excluding tert-OH is 1. The summed E-state index contributed by atoms with van der Waals surface area (Å²) in [6.07, 6.45) is 0.710. The van der Waals surface area contributed by atoms with Crippen LogP contribution in [0.15, 0.2) is 16.9 Å². The molecule has 3 aromatic rings. The Hall–Kier alpha value is -3.19. The summed E-state index contributed by atoms with van der Waals surface area (Å²) in [5, 5.41) is 21.1. The molecule has 0 unspecified atom stereocenters. The van der Waals surface area contributed by atoms with Gasteiger partial charge in [-0.25, -0.2) is 27.3 Å². The number of rotatable bonds is 4. The van der Waals surface area contributed by atoms with Crippen molar-refractivity contribution in [3.8, 4) is 11.4 Å². The molecule has 1 aromatic carbocycles. The van der Waals surface area contributed by atoms with Gasteiger partial charge in [0, 0.05) is 28.6 Å². The molecule has 4 heterocycles. The van der Waals surface area contributed by atoms with Crippen LogP contribution in [0.1, 0.15) is 59.2 Å². The SMILES string of the molecule is CC[C@@]1(O)C(=O)OCc2c1cc1n(c2=O)Cc2c-1nc1cc(F)c(C)c3c1c2[C@@H](NS(=O)(=O)CO)CC3. The van der Waals surface area contributed by atoms with Gasteiger partial charge in [-0.1, -0.05) is 6.92 Å². The number of ether oxygens (including phenoxy) is 1. The quantitative estimate of drug-likeness (QED) is 0.336. The van der Waals surface area contributed by atoms with E-state index in [0.717, 1.165) is 5.56 Å². The smallest absolute Gasteiger partial charge is 0.343 e. The van der Waals surface area contributed by atoms with E-state index in [9.17, 15) is 32.6 Å². The number of cyclic esters (lactones) is 1. The van der Waals surface area contributed by atoms with Crippen molar-refractivity contribution in [1.29, 1.82) is 0 Å². The van der Waals surface area contributed by atoms with Crippen LogP contribution in [0.25, 0.3) is 22.3 Å². The number of nitrogens with one attached hydrogen (secondary N) is 1. The summed E-state index contributed by atoms with van der Waals surface area (Å²) in [5.41, 5.74) is 1.23. The van der Waals surface area contributed by atoms with Crippen LogP contribution in [0, 0.1) is 12.7 Å². The highest BCUT2D eigenvalue weighted by atomic mass is 32.2. The fourth-order valence-electron chi connectivity index (χ4n) is 5.93. The lowest BCUT2D eigenvalue weighted by molar-refractivity contribution is -0.172. The molecular formula is C25H24FN3O7S. The molecule has 10 nitrogen and oxygen atoms in total. The first kappa shape index (κ1) is 24.2. The predicted octanol–water partition coefficient (Wildman–Crippen LogP) is 1.38. The van der Waals surface area contributed by atoms with Crippen molar-refractivity contribution in [1.82, 2.24) is 14.3 Å². The van der Waals surface area contributed by atoms with Crippen molar-refractivity contribution in [2.45, 2.75) is 57.9 Å². The van der Waals surface area contributed by atoms with E-state index >= 15 is 0 Å². The normalized spacial score (nSPS) is 22.0. The molecule has 0 fully saturated rings. The Morgan fingerprint density at radius 1 is 1.27 bits per heavy atom. The van der Waals surface area contributed by atoms with Crippen LogP contribution in [-0.4, -0.2) is 40.1 Å². The third-order valence-corrected chi connectivity index (χ3v) is 8.85. The second-order valence-electron chi connectivity index (χ2n) is 9.76. The van der Waals surface area contributed by atoms with Crippen LogP contribution >= 0.6 is 0 Å². The number of aryl methyl sites for hydroxylation is 1. The molecule has 0 bridgehead atoms. The lowest BCUT2D eigenvalue weighted by atomic mass is 9.82. The summed E-state index contributed by atoms with van der Waals surface area (Å²) in [5.74, 6) is -2.38. The molecule has 0 spiro atoms. The van der Waals surface area contributed by atoms with Crippen molar-refractivity contribution in [3.05, 3.63) is 61.7 Å². The fourth-order valence-corrected chi connectivity index (χ4v) is 6.67. The number of sulfonamides is 1. The number of pyridine rings is 2. The summed E-state index contributed by atoms with van der Waals surface area (Å²) in [7, 11) is -4.01. The average Bonchev–Trinajstić information content (AvgIpc) is 3.24. The number of esters is 1. The Morgan fingerprint density at radius 3 is 2.73 bits per heavy atom. The number of fused-ring (bicyclic) bond motifs is 5. The number of aromatic nitrogens is 2. The third kappa shape index (κ3) is 3.26. The number of benzene rings is 1. The second kappa shape index (κ2) is 7.90. The van der Waals surface area contributed by atoms with Crippen LogP contribution in [0.5, 0.6) is 0 Å². The van der Waals surface area contributed by atoms with Gasteiger partial charge in [-0.15, -0.1) is 0 Å². The van der Waals surface area contributed by atoms with Gasteiger partial charge in [0.1, 0.15) is 12.4 Å². The van der Waals surface area contributed by atoms with E-state index in [2.05, 4.69) is 4.72 Å². The minimum absolute atomic E-state index is 0.0101. The molecule has 0 amide bonds. The van der Waals surface area contributed by atoms with E-state index in [1.54, 1.807) is 19.9 Å². The molecule has 2 aromatic heterocycles. The number of halogens is 1. The maximum absolute atomic E-state index is 14.9. The van der Waals surface area contributed by atoms with E-state index in [0.29, 0.717) is 51.8 Å². The molecule has 0 saturated heterocycles. The maximum atomic E-state index is 14.9. The van der Waals surface area contributed by atoms with Gasteiger partial charge in [-0.3, -0.25) is 4.79 Å². The topological polar surface area (TPSA) is 148 Å². The third-order valence-electron chi connectivity index (χ3n) is 7.87. The Balaban J connectivity index is 1.67. The summed E-state index contributed by atoms with van der Waals surface area (Å²) < 4.78 is 48.7. The molecule has 1 aliphatic carbocycles. The lowest BCUT2D eigenvalue weighted by Crippen LogP contribution is -2.44. The molecule has 0 radical (unpaired) electrons. The number of aliphatic hydroxyl groups is 2. The summed E-state index contributed by atoms with van der Waals surface area (Å²) in [4.78, 5) is 30.7. The van der Waals surface area contributed by atoms with Gasteiger partial charge in [-0.05, 0) is 48.9 Å². The van der Waals surface area contributed by atoms with Crippen molar-refractivity contribution in [2.75, 3.05) is 5.94 Å². The van der Waals surface area contributed by atoms with Crippen LogP contribution in [-0.2, 0) is 44.7 Å².